The standard InChI is InChI=1S/C24H29N3O4/c28-24(25-14-20-17-30-22-3-1-2-4-23(22)31-20)16-27-10-8-26(9-11-27)15-18-5-6-21-19(13-18)7-12-29-21/h1-6,13,20H,7-12,14-17H2,(H,25,28)/p+2/t20-/m1/s1. The van der Waals surface area contributed by atoms with Gasteiger partial charge in [0.25, 0.3) is 5.91 Å². The Labute approximate surface area is 182 Å². The van der Waals surface area contributed by atoms with Crippen molar-refractivity contribution in [1.82, 2.24) is 5.32 Å². The molecule has 0 aromatic heterocycles. The van der Waals surface area contributed by atoms with E-state index in [0.717, 1.165) is 63.0 Å². The number of hydrogen-bond donors (Lipinski definition) is 3. The number of quaternary nitrogens is 2. The lowest BCUT2D eigenvalue weighted by Gasteiger charge is -2.30. The van der Waals surface area contributed by atoms with Crippen molar-refractivity contribution < 1.29 is 28.8 Å². The van der Waals surface area contributed by atoms with Crippen molar-refractivity contribution in [2.75, 3.05) is 52.5 Å². The molecule has 2 aromatic rings. The van der Waals surface area contributed by atoms with Crippen molar-refractivity contribution >= 4 is 5.91 Å². The Hall–Kier alpha value is -2.77. The number of hydrogen-bond acceptors (Lipinski definition) is 4. The van der Waals surface area contributed by atoms with E-state index in [1.54, 1.807) is 4.90 Å². The monoisotopic (exact) mass is 425 g/mol. The predicted octanol–water partition coefficient (Wildman–Crippen LogP) is -1.14. The molecule has 0 spiro atoms. The first-order chi connectivity index (χ1) is 15.2. The molecule has 2 aromatic carbocycles. The number of carbonyl (C=O) groups is 1. The summed E-state index contributed by atoms with van der Waals surface area (Å²) in [6.07, 6.45) is 0.878. The molecule has 0 aliphatic carbocycles. The average Bonchev–Trinajstić information content (AvgIpc) is 3.27. The summed E-state index contributed by atoms with van der Waals surface area (Å²) in [5.74, 6) is 2.64. The van der Waals surface area contributed by atoms with Gasteiger partial charge in [0.05, 0.1) is 13.2 Å². The van der Waals surface area contributed by atoms with Crippen LogP contribution in [0, 0.1) is 0 Å². The summed E-state index contributed by atoms with van der Waals surface area (Å²) < 4.78 is 17.2. The van der Waals surface area contributed by atoms with Gasteiger partial charge in [0.15, 0.2) is 18.0 Å². The second kappa shape index (κ2) is 9.16. The smallest absolute Gasteiger partial charge is 0.275 e. The molecule has 1 saturated heterocycles. The lowest BCUT2D eigenvalue weighted by atomic mass is 10.1. The van der Waals surface area contributed by atoms with Crippen LogP contribution in [0.2, 0.25) is 0 Å². The molecule has 3 N–H and O–H groups in total. The Morgan fingerprint density at radius 3 is 2.65 bits per heavy atom. The van der Waals surface area contributed by atoms with Gasteiger partial charge in [-0.05, 0) is 35.9 Å². The average molecular weight is 426 g/mol. The molecule has 0 bridgehead atoms. The van der Waals surface area contributed by atoms with Crippen molar-refractivity contribution in [2.45, 2.75) is 19.1 Å². The summed E-state index contributed by atoms with van der Waals surface area (Å²) >= 11 is 0. The third-order valence-electron chi connectivity index (χ3n) is 6.38. The number of rotatable bonds is 6. The van der Waals surface area contributed by atoms with E-state index in [9.17, 15) is 4.79 Å². The fourth-order valence-corrected chi connectivity index (χ4v) is 4.63. The van der Waals surface area contributed by atoms with Crippen LogP contribution in [-0.2, 0) is 17.8 Å². The molecule has 7 heteroatoms. The van der Waals surface area contributed by atoms with Crippen molar-refractivity contribution in [3.63, 3.8) is 0 Å². The quantitative estimate of drug-likeness (QED) is 0.548. The summed E-state index contributed by atoms with van der Waals surface area (Å²) in [5, 5.41) is 3.02. The number of carbonyl (C=O) groups excluding carboxylic acids is 1. The van der Waals surface area contributed by atoms with E-state index in [1.807, 2.05) is 24.3 Å². The third kappa shape index (κ3) is 4.94. The molecule has 3 heterocycles. The van der Waals surface area contributed by atoms with Gasteiger partial charge in [-0.1, -0.05) is 12.1 Å². The minimum atomic E-state index is -0.145. The van der Waals surface area contributed by atoms with Crippen molar-refractivity contribution in [3.8, 4) is 17.2 Å². The number of para-hydroxylation sites is 2. The van der Waals surface area contributed by atoms with Crippen molar-refractivity contribution in [1.29, 1.82) is 0 Å². The Morgan fingerprint density at radius 2 is 1.77 bits per heavy atom. The van der Waals surface area contributed by atoms with Crippen LogP contribution in [0.5, 0.6) is 17.2 Å². The van der Waals surface area contributed by atoms with Crippen LogP contribution in [0.4, 0.5) is 0 Å². The maximum absolute atomic E-state index is 12.4. The van der Waals surface area contributed by atoms with E-state index >= 15 is 0 Å². The predicted molar refractivity (Wildman–Crippen MR) is 115 cm³/mol. The Morgan fingerprint density at radius 1 is 0.968 bits per heavy atom. The van der Waals surface area contributed by atoms with E-state index in [0.29, 0.717) is 19.7 Å². The zero-order chi connectivity index (χ0) is 21.0. The first kappa shape index (κ1) is 20.2. The summed E-state index contributed by atoms with van der Waals surface area (Å²) in [7, 11) is 0. The zero-order valence-corrected chi connectivity index (χ0v) is 17.8. The van der Waals surface area contributed by atoms with Crippen molar-refractivity contribution in [2.24, 2.45) is 0 Å². The van der Waals surface area contributed by atoms with Gasteiger partial charge >= 0.3 is 0 Å². The SMILES string of the molecule is O=C(C[NH+]1CC[NH+](Cc2ccc3c(c2)CCO3)CC1)NC[C@@H]1COc2ccccc2O1. The molecule has 3 aliphatic rings. The number of benzene rings is 2. The number of ether oxygens (including phenoxy) is 3. The molecule has 31 heavy (non-hydrogen) atoms. The van der Waals surface area contributed by atoms with Crippen LogP contribution >= 0.6 is 0 Å². The van der Waals surface area contributed by atoms with Crippen LogP contribution in [0.15, 0.2) is 42.5 Å². The number of nitrogens with one attached hydrogen (secondary N) is 3. The van der Waals surface area contributed by atoms with Crippen LogP contribution in [0.1, 0.15) is 11.1 Å². The first-order valence-electron chi connectivity index (χ1n) is 11.3. The van der Waals surface area contributed by atoms with E-state index in [-0.39, 0.29) is 12.0 Å². The lowest BCUT2D eigenvalue weighted by molar-refractivity contribution is -1.02. The maximum atomic E-state index is 12.4. The highest BCUT2D eigenvalue weighted by atomic mass is 16.6. The number of fused-ring (bicyclic) bond motifs is 2. The van der Waals surface area contributed by atoms with Gasteiger partial charge in [0.1, 0.15) is 51.2 Å². The third-order valence-corrected chi connectivity index (χ3v) is 6.38. The summed E-state index contributed by atoms with van der Waals surface area (Å²) in [4.78, 5) is 15.4. The fourth-order valence-electron chi connectivity index (χ4n) is 4.63. The minimum Gasteiger partial charge on any atom is -0.493 e. The van der Waals surface area contributed by atoms with Crippen LogP contribution < -0.4 is 29.3 Å². The molecular formula is C24H31N3O4+2. The largest absolute Gasteiger partial charge is 0.493 e. The van der Waals surface area contributed by atoms with Gasteiger partial charge in [0.2, 0.25) is 0 Å². The van der Waals surface area contributed by atoms with Gasteiger partial charge in [0, 0.05) is 12.0 Å². The highest BCUT2D eigenvalue weighted by Gasteiger charge is 2.26. The molecule has 5 rings (SSSR count). The first-order valence-corrected chi connectivity index (χ1v) is 11.3. The van der Waals surface area contributed by atoms with Gasteiger partial charge in [-0.2, -0.15) is 0 Å². The minimum absolute atomic E-state index is 0.0829. The Balaban J connectivity index is 1.02. The molecule has 164 valence electrons. The van der Waals surface area contributed by atoms with Gasteiger partial charge in [-0.25, -0.2) is 0 Å². The molecule has 0 radical (unpaired) electrons. The second-order valence-electron chi connectivity index (χ2n) is 8.70. The van der Waals surface area contributed by atoms with E-state index in [4.69, 9.17) is 14.2 Å². The van der Waals surface area contributed by atoms with Crippen LogP contribution in [-0.4, -0.2) is 64.5 Å². The molecule has 7 nitrogen and oxygen atoms in total. The molecule has 1 amide bonds. The van der Waals surface area contributed by atoms with Gasteiger partial charge < -0.3 is 29.3 Å². The number of piperazine rings is 1. The highest BCUT2D eigenvalue weighted by molar-refractivity contribution is 5.76. The molecule has 0 saturated carbocycles. The summed E-state index contributed by atoms with van der Waals surface area (Å²) in [5.41, 5.74) is 2.73. The topological polar surface area (TPSA) is 65.7 Å². The van der Waals surface area contributed by atoms with Crippen LogP contribution in [0.25, 0.3) is 0 Å². The van der Waals surface area contributed by atoms with Crippen molar-refractivity contribution in [3.05, 3.63) is 53.6 Å². The maximum Gasteiger partial charge on any atom is 0.275 e. The highest BCUT2D eigenvalue weighted by Crippen LogP contribution is 2.30. The lowest BCUT2D eigenvalue weighted by Crippen LogP contribution is -3.28. The van der Waals surface area contributed by atoms with E-state index in [2.05, 4.69) is 23.5 Å². The van der Waals surface area contributed by atoms with Gasteiger partial charge in [-0.15, -0.1) is 0 Å². The molecule has 0 unspecified atom stereocenters. The summed E-state index contributed by atoms with van der Waals surface area (Å²) in [6.45, 7) is 7.53. The Kier molecular flexibility index (Phi) is 5.95. The normalized spacial score (nSPS) is 24.2. The molecular weight excluding hydrogens is 394 g/mol. The fraction of sp³-hybridized carbons (Fsp3) is 0.458. The van der Waals surface area contributed by atoms with E-state index < -0.39 is 0 Å². The number of amides is 1. The second-order valence-corrected chi connectivity index (χ2v) is 8.70. The Bertz CT molecular complexity index is 927. The zero-order valence-electron chi connectivity index (χ0n) is 17.8. The molecule has 1 fully saturated rings. The summed E-state index contributed by atoms with van der Waals surface area (Å²) in [6, 6.07) is 14.3. The van der Waals surface area contributed by atoms with E-state index in [1.165, 1.54) is 16.0 Å². The molecule has 1 atom stereocenters. The van der Waals surface area contributed by atoms with Gasteiger partial charge in [-0.3, -0.25) is 4.79 Å². The van der Waals surface area contributed by atoms with Crippen LogP contribution in [0.3, 0.4) is 0 Å². The molecule has 3 aliphatic heterocycles.